The first-order valence-electron chi connectivity index (χ1n) is 3.32. The topological polar surface area (TPSA) is 41.5 Å². The lowest BCUT2D eigenvalue weighted by Gasteiger charge is -2.19. The molecule has 1 saturated heterocycles. The first-order valence-corrected chi connectivity index (χ1v) is 3.32. The Morgan fingerprint density at radius 3 is 2.70 bits per heavy atom. The fourth-order valence-corrected chi connectivity index (χ4v) is 0.737. The monoisotopic (exact) mass is 145 g/mol. The van der Waals surface area contributed by atoms with Gasteiger partial charge in [-0.25, -0.2) is 0 Å². The van der Waals surface area contributed by atoms with E-state index in [2.05, 4.69) is 11.9 Å². The van der Waals surface area contributed by atoms with Crippen molar-refractivity contribution < 1.29 is 9.84 Å². The average molecular weight is 145 g/mol. The van der Waals surface area contributed by atoms with E-state index in [9.17, 15) is 0 Å². The zero-order chi connectivity index (χ0) is 7.82. The molecule has 1 aliphatic heterocycles. The molecule has 1 atom stereocenters. The lowest BCUT2D eigenvalue weighted by atomic mass is 10.3. The van der Waals surface area contributed by atoms with Gasteiger partial charge in [0.1, 0.15) is 0 Å². The van der Waals surface area contributed by atoms with Gasteiger partial charge in [0.25, 0.3) is 0 Å². The Balaban J connectivity index is 0.000000371. The van der Waals surface area contributed by atoms with Crippen LogP contribution in [-0.2, 0) is 4.74 Å². The Kier molecular flexibility index (Phi) is 6.48. The van der Waals surface area contributed by atoms with Gasteiger partial charge in [-0.2, -0.15) is 0 Å². The molecule has 0 bridgehead atoms. The van der Waals surface area contributed by atoms with Crippen molar-refractivity contribution in [2.24, 2.45) is 0 Å². The average Bonchev–Trinajstić information content (AvgIpc) is 2.10. The molecule has 3 heteroatoms. The zero-order valence-corrected chi connectivity index (χ0v) is 6.34. The molecule has 1 aliphatic rings. The van der Waals surface area contributed by atoms with Crippen molar-refractivity contribution in [1.29, 1.82) is 0 Å². The third kappa shape index (κ3) is 3.61. The molecule has 60 valence electrons. The van der Waals surface area contributed by atoms with Gasteiger partial charge in [0.05, 0.1) is 13.2 Å². The molecule has 0 saturated carbocycles. The van der Waals surface area contributed by atoms with Crippen LogP contribution < -0.4 is 5.32 Å². The number of ether oxygens (including phenoxy) is 1. The lowest BCUT2D eigenvalue weighted by molar-refractivity contribution is 0.0902. The van der Waals surface area contributed by atoms with E-state index in [0.717, 1.165) is 26.9 Å². The summed E-state index contributed by atoms with van der Waals surface area (Å²) in [5.41, 5.74) is 0. The molecular formula is C7H15NO2. The smallest absolute Gasteiger partial charge is 0.0656 e. The highest BCUT2D eigenvalue weighted by atomic mass is 16.5. The summed E-state index contributed by atoms with van der Waals surface area (Å²) in [6.45, 7) is 6.22. The van der Waals surface area contributed by atoms with Crippen LogP contribution in [0, 0.1) is 0 Å². The summed E-state index contributed by atoms with van der Waals surface area (Å²) in [5.74, 6) is 0. The van der Waals surface area contributed by atoms with Crippen LogP contribution in [0.25, 0.3) is 0 Å². The molecule has 0 amide bonds. The van der Waals surface area contributed by atoms with Gasteiger partial charge in [-0.1, -0.05) is 6.08 Å². The molecule has 1 rings (SSSR count). The molecule has 0 aromatic heterocycles. The summed E-state index contributed by atoms with van der Waals surface area (Å²) in [7, 11) is 1.00. The number of hydrogen-bond donors (Lipinski definition) is 2. The first-order chi connectivity index (χ1) is 4.93. The Morgan fingerprint density at radius 1 is 1.70 bits per heavy atom. The predicted molar refractivity (Wildman–Crippen MR) is 40.9 cm³/mol. The Morgan fingerprint density at radius 2 is 2.40 bits per heavy atom. The Labute approximate surface area is 61.7 Å². The van der Waals surface area contributed by atoms with Crippen molar-refractivity contribution >= 4 is 0 Å². The van der Waals surface area contributed by atoms with E-state index >= 15 is 0 Å². The maximum absolute atomic E-state index is 7.00. The minimum absolute atomic E-state index is 0.378. The number of rotatable bonds is 1. The molecule has 0 aromatic carbocycles. The summed E-state index contributed by atoms with van der Waals surface area (Å²) >= 11 is 0. The molecule has 0 radical (unpaired) electrons. The van der Waals surface area contributed by atoms with E-state index in [1.807, 2.05) is 6.08 Å². The fourth-order valence-electron chi connectivity index (χ4n) is 0.737. The molecule has 10 heavy (non-hydrogen) atoms. The van der Waals surface area contributed by atoms with E-state index in [1.54, 1.807) is 0 Å². The summed E-state index contributed by atoms with van der Waals surface area (Å²) in [4.78, 5) is 0. The molecule has 1 heterocycles. The van der Waals surface area contributed by atoms with Crippen LogP contribution in [0.5, 0.6) is 0 Å². The second-order valence-corrected chi connectivity index (χ2v) is 1.87. The van der Waals surface area contributed by atoms with Crippen LogP contribution in [0.2, 0.25) is 0 Å². The van der Waals surface area contributed by atoms with Crippen LogP contribution in [0.15, 0.2) is 12.7 Å². The number of hydrogen-bond acceptors (Lipinski definition) is 3. The van der Waals surface area contributed by atoms with Gasteiger partial charge in [0.15, 0.2) is 0 Å². The second kappa shape index (κ2) is 6.74. The first kappa shape index (κ1) is 9.62. The Bertz CT molecular complexity index is 79.7. The van der Waals surface area contributed by atoms with Crippen molar-refractivity contribution in [3.8, 4) is 0 Å². The van der Waals surface area contributed by atoms with E-state index in [-0.39, 0.29) is 0 Å². The lowest BCUT2D eigenvalue weighted by Crippen LogP contribution is -2.39. The van der Waals surface area contributed by atoms with Gasteiger partial charge in [0, 0.05) is 19.7 Å². The minimum Gasteiger partial charge on any atom is -0.400 e. The number of aliphatic hydroxyl groups is 1. The van der Waals surface area contributed by atoms with Gasteiger partial charge < -0.3 is 15.2 Å². The van der Waals surface area contributed by atoms with E-state index in [4.69, 9.17) is 9.84 Å². The summed E-state index contributed by atoms with van der Waals surface area (Å²) in [6.07, 6.45) is 1.87. The van der Waals surface area contributed by atoms with Crippen LogP contribution in [-0.4, -0.2) is 38.0 Å². The largest absolute Gasteiger partial charge is 0.400 e. The molecular weight excluding hydrogens is 130 g/mol. The highest BCUT2D eigenvalue weighted by Crippen LogP contribution is 1.91. The molecule has 3 nitrogen and oxygen atoms in total. The molecule has 0 aromatic rings. The normalized spacial score (nSPS) is 24.4. The second-order valence-electron chi connectivity index (χ2n) is 1.87. The van der Waals surface area contributed by atoms with Crippen LogP contribution >= 0.6 is 0 Å². The maximum Gasteiger partial charge on any atom is 0.0656 e. The molecule has 0 aliphatic carbocycles. The fraction of sp³-hybridized carbons (Fsp3) is 0.714. The molecule has 0 spiro atoms. The summed E-state index contributed by atoms with van der Waals surface area (Å²) in [6, 6.07) is 0.378. The standard InChI is InChI=1S/C6H11NO.CH4O/c1-2-6-5-8-4-3-7-6;1-2/h2,6-7H,1,3-5H2;2H,1H3. The highest BCUT2D eigenvalue weighted by Gasteiger charge is 2.06. The highest BCUT2D eigenvalue weighted by molar-refractivity contribution is 4.86. The van der Waals surface area contributed by atoms with Crippen LogP contribution in [0.1, 0.15) is 0 Å². The summed E-state index contributed by atoms with van der Waals surface area (Å²) in [5, 5.41) is 10.2. The number of morpholine rings is 1. The third-order valence-electron chi connectivity index (χ3n) is 1.23. The SMILES string of the molecule is C=CC1COCCN1.CO. The van der Waals surface area contributed by atoms with Crippen molar-refractivity contribution in [3.05, 3.63) is 12.7 Å². The van der Waals surface area contributed by atoms with Gasteiger partial charge in [-0.3, -0.25) is 0 Å². The van der Waals surface area contributed by atoms with E-state index in [1.165, 1.54) is 0 Å². The van der Waals surface area contributed by atoms with Gasteiger partial charge >= 0.3 is 0 Å². The van der Waals surface area contributed by atoms with E-state index < -0.39 is 0 Å². The molecule has 1 fully saturated rings. The van der Waals surface area contributed by atoms with Gasteiger partial charge in [-0.05, 0) is 0 Å². The van der Waals surface area contributed by atoms with Gasteiger partial charge in [0.2, 0.25) is 0 Å². The Hall–Kier alpha value is -0.380. The number of aliphatic hydroxyl groups excluding tert-OH is 1. The van der Waals surface area contributed by atoms with Crippen molar-refractivity contribution in [2.75, 3.05) is 26.9 Å². The number of nitrogens with one attached hydrogen (secondary N) is 1. The van der Waals surface area contributed by atoms with Crippen molar-refractivity contribution in [2.45, 2.75) is 6.04 Å². The van der Waals surface area contributed by atoms with Crippen molar-refractivity contribution in [3.63, 3.8) is 0 Å². The van der Waals surface area contributed by atoms with Crippen LogP contribution in [0.4, 0.5) is 0 Å². The molecule has 1 unspecified atom stereocenters. The summed E-state index contributed by atoms with van der Waals surface area (Å²) < 4.78 is 5.14. The maximum atomic E-state index is 7.00. The quantitative estimate of drug-likeness (QED) is 0.501. The van der Waals surface area contributed by atoms with Crippen LogP contribution in [0.3, 0.4) is 0 Å². The van der Waals surface area contributed by atoms with Gasteiger partial charge in [-0.15, -0.1) is 6.58 Å². The third-order valence-corrected chi connectivity index (χ3v) is 1.23. The predicted octanol–water partition coefficient (Wildman–Crippen LogP) is -0.231. The van der Waals surface area contributed by atoms with E-state index in [0.29, 0.717) is 6.04 Å². The zero-order valence-electron chi connectivity index (χ0n) is 6.34. The molecule has 2 N–H and O–H groups in total. The minimum atomic E-state index is 0.378. The van der Waals surface area contributed by atoms with Crippen molar-refractivity contribution in [1.82, 2.24) is 5.32 Å².